The average Bonchev–Trinajstić information content (AvgIpc) is 3.10. The van der Waals surface area contributed by atoms with Crippen LogP contribution in [0.3, 0.4) is 0 Å². The van der Waals surface area contributed by atoms with E-state index in [1.165, 1.54) is 12.1 Å². The number of aromatic nitrogens is 1. The number of aromatic hydroxyl groups is 1. The number of phenols is 1. The average molecular weight is 475 g/mol. The molecule has 180 valence electrons. The summed E-state index contributed by atoms with van der Waals surface area (Å²) in [6, 6.07) is 6.66. The molecule has 6 nitrogen and oxygen atoms in total. The van der Waals surface area contributed by atoms with Gasteiger partial charge in [-0.2, -0.15) is 0 Å². The Hall–Kier alpha value is -2.87. The van der Waals surface area contributed by atoms with Crippen LogP contribution in [0.4, 0.5) is 4.39 Å². The molecule has 7 heteroatoms. The Morgan fingerprint density at radius 1 is 1.31 bits per heavy atom. The van der Waals surface area contributed by atoms with Crippen LogP contribution in [0.25, 0.3) is 10.9 Å². The fourth-order valence-corrected chi connectivity index (χ4v) is 8.44. The zero-order chi connectivity index (χ0) is 24.0. The highest BCUT2D eigenvalue weighted by Crippen LogP contribution is 2.73. The van der Waals surface area contributed by atoms with Gasteiger partial charge in [0.05, 0.1) is 34.4 Å². The molecular weight excluding hydrogens is 447 g/mol. The molecular formula is C28H27FN2O4. The van der Waals surface area contributed by atoms with E-state index in [0.717, 1.165) is 39.7 Å². The quantitative estimate of drug-likeness (QED) is 0.391. The zero-order valence-corrected chi connectivity index (χ0v) is 19.5. The molecule has 1 spiro atoms. The molecule has 8 rings (SSSR count). The van der Waals surface area contributed by atoms with Crippen molar-refractivity contribution in [1.29, 1.82) is 0 Å². The molecule has 2 aromatic carbocycles. The molecule has 1 saturated heterocycles. The molecule has 2 fully saturated rings. The topological polar surface area (TPSA) is 77.9 Å². The van der Waals surface area contributed by atoms with Gasteiger partial charge in [0.2, 0.25) is 0 Å². The van der Waals surface area contributed by atoms with Crippen LogP contribution in [0.1, 0.15) is 53.0 Å². The van der Waals surface area contributed by atoms with Crippen molar-refractivity contribution in [3.8, 4) is 11.5 Å². The first kappa shape index (κ1) is 20.3. The molecule has 3 aromatic rings. The van der Waals surface area contributed by atoms with Gasteiger partial charge >= 0.3 is 0 Å². The van der Waals surface area contributed by atoms with E-state index in [0.29, 0.717) is 37.2 Å². The van der Waals surface area contributed by atoms with E-state index in [-0.39, 0.29) is 23.7 Å². The lowest BCUT2D eigenvalue weighted by Gasteiger charge is -2.49. The molecule has 4 heterocycles. The maximum Gasteiger partial charge on any atom is 0.166 e. The summed E-state index contributed by atoms with van der Waals surface area (Å²) in [4.78, 5) is 2.28. The van der Waals surface area contributed by atoms with Crippen LogP contribution >= 0.6 is 0 Å². The Morgan fingerprint density at radius 2 is 2.14 bits per heavy atom. The van der Waals surface area contributed by atoms with Gasteiger partial charge in [0.1, 0.15) is 5.82 Å². The van der Waals surface area contributed by atoms with Gasteiger partial charge in [-0.15, -0.1) is 6.58 Å². The normalized spacial score (nSPS) is 37.2. The number of piperidine rings is 1. The van der Waals surface area contributed by atoms with Crippen LogP contribution in [0, 0.1) is 12.7 Å². The van der Waals surface area contributed by atoms with Gasteiger partial charge in [0.15, 0.2) is 17.6 Å². The summed E-state index contributed by atoms with van der Waals surface area (Å²) in [6.45, 7) is 7.21. The molecule has 5 aliphatic rings. The first-order valence-electron chi connectivity index (χ1n) is 12.4. The van der Waals surface area contributed by atoms with Crippen molar-refractivity contribution < 1.29 is 24.4 Å². The largest absolute Gasteiger partial charge is 0.504 e. The van der Waals surface area contributed by atoms with Crippen LogP contribution < -0.4 is 4.74 Å². The van der Waals surface area contributed by atoms with E-state index in [1.54, 1.807) is 6.07 Å². The molecule has 35 heavy (non-hydrogen) atoms. The summed E-state index contributed by atoms with van der Waals surface area (Å²) < 4.78 is 23.6. The Kier molecular flexibility index (Phi) is 3.54. The predicted octanol–water partition coefficient (Wildman–Crippen LogP) is 3.53. The van der Waals surface area contributed by atoms with E-state index < -0.39 is 23.2 Å². The molecule has 7 atom stereocenters. The first-order valence-corrected chi connectivity index (χ1v) is 12.4. The summed E-state index contributed by atoms with van der Waals surface area (Å²) in [5.74, 6) is 0.155. The van der Waals surface area contributed by atoms with E-state index >= 15 is 0 Å². The molecule has 1 aromatic heterocycles. The molecule has 2 aliphatic carbocycles. The van der Waals surface area contributed by atoms with E-state index in [2.05, 4.69) is 16.0 Å². The fourth-order valence-electron chi connectivity index (χ4n) is 8.44. The number of phenolic OH excluding ortho intramolecular Hbond substituents is 1. The molecule has 2 unspecified atom stereocenters. The molecule has 3 aliphatic heterocycles. The molecule has 0 bridgehead atoms. The standard InChI is InChI=1S/C28H27FN2O4/c1-3-7-30-18-12-27-21-13(2)4-5-20(33)24(21)35-26(27)23-17(11-28(27,34)25(18)30)15-9-14(29)10-16-19(32)6-8-31(23)22(15)16/h3-5,9-10,18-19,25-26,32-34H,1,6-8,11-12H2,2H3/t18?,19-,25-,26+,27+,28-,30?/m1/s1. The number of likely N-dealkylation sites (tertiary alicyclic amines) is 1. The number of hydrogen-bond acceptors (Lipinski definition) is 5. The third-order valence-electron chi connectivity index (χ3n) is 9.64. The maximum absolute atomic E-state index is 14.8. The minimum atomic E-state index is -1.15. The molecule has 1 saturated carbocycles. The summed E-state index contributed by atoms with van der Waals surface area (Å²) in [5.41, 5.74) is 3.32. The van der Waals surface area contributed by atoms with Crippen molar-refractivity contribution in [3.05, 3.63) is 70.7 Å². The van der Waals surface area contributed by atoms with Crippen LogP contribution in [-0.4, -0.2) is 49.0 Å². The molecule has 0 radical (unpaired) electrons. The van der Waals surface area contributed by atoms with Gasteiger partial charge in [-0.3, -0.25) is 4.90 Å². The second-order valence-corrected chi connectivity index (χ2v) is 11.1. The highest BCUT2D eigenvalue weighted by Gasteiger charge is 2.81. The number of hydrogen-bond donors (Lipinski definition) is 3. The highest BCUT2D eigenvalue weighted by molar-refractivity contribution is 5.90. The lowest BCUT2D eigenvalue weighted by atomic mass is 9.58. The summed E-state index contributed by atoms with van der Waals surface area (Å²) in [6.07, 6.45) is 2.22. The van der Waals surface area contributed by atoms with Gasteiger partial charge in [-0.05, 0) is 49.1 Å². The lowest BCUT2D eigenvalue weighted by Crippen LogP contribution is -2.60. The fraction of sp³-hybridized carbons (Fsp3) is 0.429. The van der Waals surface area contributed by atoms with Gasteiger partial charge in [-0.25, -0.2) is 4.39 Å². The number of aliphatic hydroxyl groups excluding tert-OH is 1. The van der Waals surface area contributed by atoms with E-state index in [4.69, 9.17) is 4.74 Å². The van der Waals surface area contributed by atoms with Crippen molar-refractivity contribution >= 4 is 10.9 Å². The van der Waals surface area contributed by atoms with Gasteiger partial charge in [-0.1, -0.05) is 12.1 Å². The number of halogens is 1. The number of aliphatic hydroxyl groups is 2. The Bertz CT molecular complexity index is 1500. The van der Waals surface area contributed by atoms with Crippen molar-refractivity contribution in [1.82, 2.24) is 9.47 Å². The number of benzene rings is 2. The zero-order valence-electron chi connectivity index (χ0n) is 19.5. The van der Waals surface area contributed by atoms with E-state index in [1.807, 2.05) is 19.1 Å². The minimum Gasteiger partial charge on any atom is -0.504 e. The Labute approximate surface area is 201 Å². The van der Waals surface area contributed by atoms with Gasteiger partial charge < -0.3 is 24.6 Å². The minimum absolute atomic E-state index is 0.0606. The maximum atomic E-state index is 14.8. The number of aryl methyl sites for hydroxylation is 2. The number of rotatable bonds is 2. The smallest absolute Gasteiger partial charge is 0.166 e. The number of fused-ring (bicyclic) bond motifs is 7. The van der Waals surface area contributed by atoms with Crippen molar-refractivity contribution in [3.63, 3.8) is 0 Å². The molecule has 0 amide bonds. The van der Waals surface area contributed by atoms with E-state index in [9.17, 15) is 19.7 Å². The first-order chi connectivity index (χ1) is 16.8. The molecule has 3 N–H and O–H groups in total. The van der Waals surface area contributed by atoms with Crippen LogP contribution in [0.2, 0.25) is 0 Å². The Balaban J connectivity index is 1.46. The second-order valence-electron chi connectivity index (χ2n) is 11.1. The number of ether oxygens (including phenoxy) is 1. The third kappa shape index (κ3) is 2.06. The van der Waals surface area contributed by atoms with Crippen LogP contribution in [-0.2, 0) is 18.4 Å². The van der Waals surface area contributed by atoms with Gasteiger partial charge in [0.25, 0.3) is 0 Å². The van der Waals surface area contributed by atoms with Crippen molar-refractivity contribution in [2.45, 2.75) is 68.0 Å². The summed E-state index contributed by atoms with van der Waals surface area (Å²) >= 11 is 0. The Morgan fingerprint density at radius 3 is 2.94 bits per heavy atom. The third-order valence-corrected chi connectivity index (χ3v) is 9.64. The highest BCUT2D eigenvalue weighted by atomic mass is 19.1. The lowest BCUT2D eigenvalue weighted by molar-refractivity contribution is -0.0862. The SMILES string of the molecule is C=CCN1C2C[C@]34c5c(C)ccc(O)c5O[C@H]3c3c(c5cc(F)cc6c5n3CC[C@H]6O)C[C@@]4(O)[C@@H]21. The summed E-state index contributed by atoms with van der Waals surface area (Å²) in [5, 5.41) is 35.0. The number of nitrogens with zero attached hydrogens (tertiary/aromatic N) is 2. The van der Waals surface area contributed by atoms with Crippen LogP contribution in [0.15, 0.2) is 36.9 Å². The van der Waals surface area contributed by atoms with Crippen molar-refractivity contribution in [2.24, 2.45) is 0 Å². The van der Waals surface area contributed by atoms with Gasteiger partial charge in [0, 0.05) is 42.1 Å². The predicted molar refractivity (Wildman–Crippen MR) is 127 cm³/mol. The monoisotopic (exact) mass is 474 g/mol. The second kappa shape index (κ2) is 6.09. The van der Waals surface area contributed by atoms with Crippen LogP contribution in [0.5, 0.6) is 11.5 Å². The summed E-state index contributed by atoms with van der Waals surface area (Å²) in [7, 11) is 0. The van der Waals surface area contributed by atoms with Crippen molar-refractivity contribution in [2.75, 3.05) is 6.54 Å².